The summed E-state index contributed by atoms with van der Waals surface area (Å²) in [5, 5.41) is 12.8. The van der Waals surface area contributed by atoms with Crippen molar-refractivity contribution in [3.63, 3.8) is 0 Å². The van der Waals surface area contributed by atoms with Crippen LogP contribution in [0.1, 0.15) is 5.56 Å². The molecule has 0 aliphatic carbocycles. The van der Waals surface area contributed by atoms with E-state index in [9.17, 15) is 13.6 Å². The number of benzene rings is 1. The highest BCUT2D eigenvalue weighted by Gasteiger charge is 2.19. The highest BCUT2D eigenvalue weighted by Crippen LogP contribution is 2.27. The summed E-state index contributed by atoms with van der Waals surface area (Å²) in [5.74, 6) is -2.78. The van der Waals surface area contributed by atoms with Crippen molar-refractivity contribution in [1.82, 2.24) is 14.8 Å². The van der Waals surface area contributed by atoms with Crippen LogP contribution in [0.2, 0.25) is 0 Å². The first-order valence-corrected chi connectivity index (χ1v) is 6.59. The number of aryl methyl sites for hydroxylation is 2. The Balaban J connectivity index is 2.42. The lowest BCUT2D eigenvalue weighted by Crippen LogP contribution is -2.00. The Morgan fingerprint density at radius 1 is 1.45 bits per heavy atom. The number of thioether (sulfide) groups is 1. The van der Waals surface area contributed by atoms with E-state index in [0.29, 0.717) is 0 Å². The molecule has 0 atom stereocenters. The van der Waals surface area contributed by atoms with Crippen LogP contribution in [0.5, 0.6) is 0 Å². The smallest absolute Gasteiger partial charge is 0.313 e. The first kappa shape index (κ1) is 14.4. The molecule has 0 radical (unpaired) electrons. The number of nitrogens with zero attached hydrogens (tertiary/aromatic N) is 3. The van der Waals surface area contributed by atoms with Gasteiger partial charge in [-0.1, -0.05) is 17.8 Å². The Hall–Kier alpha value is -1.96. The van der Waals surface area contributed by atoms with Crippen LogP contribution in [-0.2, 0) is 11.8 Å². The summed E-state index contributed by atoms with van der Waals surface area (Å²) in [6, 6.07) is 2.48. The number of rotatable bonds is 4. The molecule has 0 spiro atoms. The van der Waals surface area contributed by atoms with Gasteiger partial charge in [0, 0.05) is 7.05 Å². The van der Waals surface area contributed by atoms with Gasteiger partial charge in [0.2, 0.25) is 0 Å². The molecule has 0 fully saturated rings. The summed E-state index contributed by atoms with van der Waals surface area (Å²) >= 11 is 0.931. The van der Waals surface area contributed by atoms with Crippen molar-refractivity contribution in [2.24, 2.45) is 7.05 Å². The van der Waals surface area contributed by atoms with E-state index in [4.69, 9.17) is 5.11 Å². The Kier molecular flexibility index (Phi) is 4.03. The number of hydrogen-bond donors (Lipinski definition) is 1. The minimum Gasteiger partial charge on any atom is -0.481 e. The highest BCUT2D eigenvalue weighted by molar-refractivity contribution is 7.99. The molecule has 8 heteroatoms. The fraction of sp³-hybridized carbons (Fsp3) is 0.250. The molecule has 2 rings (SSSR count). The highest BCUT2D eigenvalue weighted by atomic mass is 32.2. The first-order valence-electron chi connectivity index (χ1n) is 5.60. The topological polar surface area (TPSA) is 68.0 Å². The number of aliphatic carboxylic acids is 1. The summed E-state index contributed by atoms with van der Waals surface area (Å²) in [4.78, 5) is 14.5. The van der Waals surface area contributed by atoms with Crippen LogP contribution in [0.25, 0.3) is 11.4 Å². The average Bonchev–Trinajstić information content (AvgIpc) is 2.73. The third kappa shape index (κ3) is 2.79. The van der Waals surface area contributed by atoms with E-state index < -0.39 is 17.6 Å². The van der Waals surface area contributed by atoms with Gasteiger partial charge in [-0.3, -0.25) is 4.79 Å². The molecule has 0 aliphatic rings. The number of hydrogen-bond acceptors (Lipinski definition) is 4. The zero-order valence-electron chi connectivity index (χ0n) is 10.7. The van der Waals surface area contributed by atoms with Crippen molar-refractivity contribution < 1.29 is 18.7 Å². The maximum atomic E-state index is 14.0. The van der Waals surface area contributed by atoms with Crippen LogP contribution in [0.3, 0.4) is 0 Å². The van der Waals surface area contributed by atoms with E-state index in [1.54, 1.807) is 0 Å². The standard InChI is InChI=1S/C12H11F2N3O2S/c1-6-3-4-7(13)9(10(6)14)11-15-12(17(2)16-11)20-5-8(18)19/h3-4H,5H2,1-2H3,(H,18,19). The molecular formula is C12H11F2N3O2S. The van der Waals surface area contributed by atoms with Gasteiger partial charge in [-0.15, -0.1) is 0 Å². The van der Waals surface area contributed by atoms with Crippen LogP contribution in [-0.4, -0.2) is 31.6 Å². The van der Waals surface area contributed by atoms with Crippen LogP contribution in [0, 0.1) is 18.6 Å². The number of carboxylic acid groups (broad SMARTS) is 1. The lowest BCUT2D eigenvalue weighted by Gasteiger charge is -2.02. The quantitative estimate of drug-likeness (QED) is 0.877. The van der Waals surface area contributed by atoms with E-state index in [0.717, 1.165) is 17.8 Å². The minimum absolute atomic E-state index is 0.0981. The second-order valence-corrected chi connectivity index (χ2v) is 5.02. The summed E-state index contributed by atoms with van der Waals surface area (Å²) in [6.45, 7) is 1.52. The third-order valence-electron chi connectivity index (χ3n) is 2.56. The van der Waals surface area contributed by atoms with Gasteiger partial charge >= 0.3 is 5.97 Å². The largest absolute Gasteiger partial charge is 0.481 e. The molecule has 2 aromatic rings. The molecule has 1 aromatic heterocycles. The molecule has 1 aromatic carbocycles. The molecule has 0 saturated heterocycles. The number of carboxylic acids is 1. The van der Waals surface area contributed by atoms with Crippen molar-refractivity contribution in [1.29, 1.82) is 0 Å². The van der Waals surface area contributed by atoms with Crippen molar-refractivity contribution in [2.45, 2.75) is 12.1 Å². The predicted molar refractivity (Wildman–Crippen MR) is 69.5 cm³/mol. The molecule has 20 heavy (non-hydrogen) atoms. The Labute approximate surface area is 117 Å². The second kappa shape index (κ2) is 5.58. The SMILES string of the molecule is Cc1ccc(F)c(-c2nc(SCC(=O)O)n(C)n2)c1F. The molecule has 1 N–H and O–H groups in total. The zero-order chi connectivity index (χ0) is 14.9. The Bertz CT molecular complexity index is 673. The average molecular weight is 299 g/mol. The van der Waals surface area contributed by atoms with Crippen LogP contribution < -0.4 is 0 Å². The fourth-order valence-electron chi connectivity index (χ4n) is 1.59. The van der Waals surface area contributed by atoms with Crippen molar-refractivity contribution in [3.8, 4) is 11.4 Å². The lowest BCUT2D eigenvalue weighted by atomic mass is 10.1. The molecule has 5 nitrogen and oxygen atoms in total. The van der Waals surface area contributed by atoms with Gasteiger partial charge in [-0.05, 0) is 18.6 Å². The van der Waals surface area contributed by atoms with E-state index in [1.165, 1.54) is 24.7 Å². The lowest BCUT2D eigenvalue weighted by molar-refractivity contribution is -0.133. The molecule has 1 heterocycles. The van der Waals surface area contributed by atoms with Gasteiger partial charge in [0.15, 0.2) is 11.0 Å². The third-order valence-corrected chi connectivity index (χ3v) is 3.56. The molecule has 0 saturated carbocycles. The summed E-state index contributed by atoms with van der Waals surface area (Å²) in [7, 11) is 1.53. The molecule has 106 valence electrons. The van der Waals surface area contributed by atoms with Gasteiger partial charge < -0.3 is 5.11 Å². The van der Waals surface area contributed by atoms with Crippen LogP contribution >= 0.6 is 11.8 Å². The van der Waals surface area contributed by atoms with Gasteiger partial charge in [-0.25, -0.2) is 18.4 Å². The maximum absolute atomic E-state index is 14.0. The number of halogens is 2. The molecular weight excluding hydrogens is 288 g/mol. The molecule has 0 aliphatic heterocycles. The van der Waals surface area contributed by atoms with E-state index in [-0.39, 0.29) is 27.9 Å². The van der Waals surface area contributed by atoms with Crippen LogP contribution in [0.15, 0.2) is 17.3 Å². The number of carbonyl (C=O) groups is 1. The normalized spacial score (nSPS) is 10.8. The van der Waals surface area contributed by atoms with Gasteiger partial charge in [0.25, 0.3) is 0 Å². The van der Waals surface area contributed by atoms with Gasteiger partial charge in [0.05, 0.1) is 11.3 Å². The maximum Gasteiger partial charge on any atom is 0.313 e. The van der Waals surface area contributed by atoms with E-state index >= 15 is 0 Å². The zero-order valence-corrected chi connectivity index (χ0v) is 11.5. The van der Waals surface area contributed by atoms with Crippen molar-refractivity contribution in [3.05, 3.63) is 29.3 Å². The number of aromatic nitrogens is 3. The Morgan fingerprint density at radius 2 is 2.15 bits per heavy atom. The molecule has 0 bridgehead atoms. The first-order chi connectivity index (χ1) is 9.40. The Morgan fingerprint density at radius 3 is 2.80 bits per heavy atom. The van der Waals surface area contributed by atoms with Crippen LogP contribution in [0.4, 0.5) is 8.78 Å². The predicted octanol–water partition coefficient (Wildman–Crippen LogP) is 2.25. The second-order valence-electron chi connectivity index (χ2n) is 4.08. The minimum atomic E-state index is -1.01. The summed E-state index contributed by atoms with van der Waals surface area (Å²) < 4.78 is 29.0. The summed E-state index contributed by atoms with van der Waals surface area (Å²) in [5.41, 5.74) is -0.0173. The van der Waals surface area contributed by atoms with E-state index in [1.807, 2.05) is 0 Å². The van der Waals surface area contributed by atoms with E-state index in [2.05, 4.69) is 10.1 Å². The monoisotopic (exact) mass is 299 g/mol. The van der Waals surface area contributed by atoms with Crippen molar-refractivity contribution >= 4 is 17.7 Å². The van der Waals surface area contributed by atoms with Gasteiger partial charge in [-0.2, -0.15) is 5.10 Å². The summed E-state index contributed by atoms with van der Waals surface area (Å²) in [6.07, 6.45) is 0. The fourth-order valence-corrected chi connectivity index (χ4v) is 2.22. The molecule has 0 unspecified atom stereocenters. The molecule has 0 amide bonds. The van der Waals surface area contributed by atoms with Gasteiger partial charge in [0.1, 0.15) is 11.6 Å². The van der Waals surface area contributed by atoms with Crippen molar-refractivity contribution in [2.75, 3.05) is 5.75 Å².